The fourth-order valence-corrected chi connectivity index (χ4v) is 1.68. The van der Waals surface area contributed by atoms with Crippen LogP contribution in [-0.2, 0) is 4.74 Å². The summed E-state index contributed by atoms with van der Waals surface area (Å²) in [6.07, 6.45) is 1.03. The molecular weight excluding hydrogens is 218 g/mol. The number of nitrogens with zero attached hydrogens (tertiary/aromatic N) is 1. The van der Waals surface area contributed by atoms with Crippen molar-refractivity contribution in [2.45, 2.75) is 20.3 Å². The lowest BCUT2D eigenvalue weighted by Gasteiger charge is -2.14. The molecule has 100 valence electrons. The van der Waals surface area contributed by atoms with Gasteiger partial charge >= 0.3 is 6.03 Å². The van der Waals surface area contributed by atoms with E-state index < -0.39 is 0 Å². The molecule has 1 aliphatic heterocycles. The topological polar surface area (TPSA) is 53.6 Å². The van der Waals surface area contributed by atoms with E-state index in [0.29, 0.717) is 5.92 Å². The quantitative estimate of drug-likeness (QED) is 0.585. The molecule has 0 saturated carbocycles. The van der Waals surface area contributed by atoms with Gasteiger partial charge in [0, 0.05) is 39.4 Å². The Bertz CT molecular complexity index is 222. The Kier molecular flexibility index (Phi) is 6.96. The van der Waals surface area contributed by atoms with Crippen molar-refractivity contribution in [3.8, 4) is 0 Å². The average molecular weight is 243 g/mol. The maximum absolute atomic E-state index is 11.2. The third kappa shape index (κ3) is 6.48. The van der Waals surface area contributed by atoms with Crippen LogP contribution in [0.3, 0.4) is 0 Å². The molecule has 0 unspecified atom stereocenters. The fraction of sp³-hybridized carbons (Fsp3) is 0.917. The number of hydrogen-bond donors (Lipinski definition) is 2. The summed E-state index contributed by atoms with van der Waals surface area (Å²) in [5.41, 5.74) is 0. The number of carbonyl (C=O) groups excluding carboxylic acids is 1. The summed E-state index contributed by atoms with van der Waals surface area (Å²) in [5.74, 6) is 0.608. The first-order chi connectivity index (χ1) is 8.20. The summed E-state index contributed by atoms with van der Waals surface area (Å²) in [6, 6.07) is 0.0621. The molecule has 5 heteroatoms. The van der Waals surface area contributed by atoms with Gasteiger partial charge in [0.05, 0.1) is 0 Å². The normalized spacial score (nSPS) is 15.7. The number of hydrogen-bond acceptors (Lipinski definition) is 3. The van der Waals surface area contributed by atoms with E-state index in [1.54, 1.807) is 0 Å². The highest BCUT2D eigenvalue weighted by molar-refractivity contribution is 5.76. The number of amides is 2. The van der Waals surface area contributed by atoms with Crippen LogP contribution in [0.1, 0.15) is 20.3 Å². The maximum Gasteiger partial charge on any atom is 0.317 e. The largest absolute Gasteiger partial charge is 0.381 e. The molecule has 17 heavy (non-hydrogen) atoms. The molecule has 2 N–H and O–H groups in total. The van der Waals surface area contributed by atoms with E-state index in [2.05, 4.69) is 24.5 Å². The van der Waals surface area contributed by atoms with E-state index in [0.717, 1.165) is 52.4 Å². The van der Waals surface area contributed by atoms with Gasteiger partial charge in [-0.15, -0.1) is 0 Å². The molecule has 0 aromatic carbocycles. The minimum Gasteiger partial charge on any atom is -0.381 e. The lowest BCUT2D eigenvalue weighted by atomic mass is 10.2. The molecule has 0 aromatic rings. The van der Waals surface area contributed by atoms with Crippen LogP contribution in [0.2, 0.25) is 0 Å². The zero-order chi connectivity index (χ0) is 12.5. The number of ether oxygens (including phenoxy) is 1. The standard InChI is InChI=1S/C12H25N3O2/c1-11(2)10-17-9-3-4-13-5-7-15-8-6-14-12(15)16/h11,13H,3-10H2,1-2H3,(H,14,16). The first-order valence-electron chi connectivity index (χ1n) is 6.51. The van der Waals surface area contributed by atoms with E-state index in [1.165, 1.54) is 0 Å². The Hall–Kier alpha value is -0.810. The Labute approximate surface area is 104 Å². The monoisotopic (exact) mass is 243 g/mol. The molecule has 0 spiro atoms. The zero-order valence-corrected chi connectivity index (χ0v) is 11.0. The van der Waals surface area contributed by atoms with Crippen LogP contribution in [0.25, 0.3) is 0 Å². The van der Waals surface area contributed by atoms with Crippen molar-refractivity contribution in [1.82, 2.24) is 15.5 Å². The lowest BCUT2D eigenvalue weighted by molar-refractivity contribution is 0.108. The van der Waals surface area contributed by atoms with Crippen molar-refractivity contribution >= 4 is 6.03 Å². The van der Waals surface area contributed by atoms with Crippen LogP contribution in [0, 0.1) is 5.92 Å². The van der Waals surface area contributed by atoms with Gasteiger partial charge in [0.25, 0.3) is 0 Å². The molecule has 0 radical (unpaired) electrons. The van der Waals surface area contributed by atoms with Crippen LogP contribution in [-0.4, -0.2) is 56.9 Å². The van der Waals surface area contributed by atoms with E-state index in [4.69, 9.17) is 4.74 Å². The first kappa shape index (κ1) is 14.3. The number of rotatable bonds is 9. The Balaban J connectivity index is 1.83. The van der Waals surface area contributed by atoms with E-state index in [9.17, 15) is 4.79 Å². The molecule has 2 amide bonds. The summed E-state index contributed by atoms with van der Waals surface area (Å²) in [6.45, 7) is 10.2. The molecule has 1 heterocycles. The van der Waals surface area contributed by atoms with E-state index >= 15 is 0 Å². The summed E-state index contributed by atoms with van der Waals surface area (Å²) in [5, 5.41) is 6.11. The van der Waals surface area contributed by atoms with Gasteiger partial charge in [-0.05, 0) is 18.9 Å². The average Bonchev–Trinajstić information content (AvgIpc) is 2.68. The third-order valence-corrected chi connectivity index (χ3v) is 2.60. The first-order valence-corrected chi connectivity index (χ1v) is 6.51. The van der Waals surface area contributed by atoms with Gasteiger partial charge in [0.1, 0.15) is 0 Å². The van der Waals surface area contributed by atoms with Crippen molar-refractivity contribution < 1.29 is 9.53 Å². The molecule has 0 bridgehead atoms. The van der Waals surface area contributed by atoms with E-state index in [1.807, 2.05) is 4.90 Å². The van der Waals surface area contributed by atoms with Crippen molar-refractivity contribution in [3.63, 3.8) is 0 Å². The summed E-state index contributed by atoms with van der Waals surface area (Å²) < 4.78 is 5.48. The van der Waals surface area contributed by atoms with Crippen LogP contribution in [0.4, 0.5) is 4.79 Å². The smallest absolute Gasteiger partial charge is 0.317 e. The van der Waals surface area contributed by atoms with Crippen LogP contribution in [0.5, 0.6) is 0 Å². The molecule has 1 fully saturated rings. The highest BCUT2D eigenvalue weighted by Gasteiger charge is 2.17. The van der Waals surface area contributed by atoms with Gasteiger partial charge in [0.15, 0.2) is 0 Å². The Morgan fingerprint density at radius 2 is 2.29 bits per heavy atom. The molecule has 1 saturated heterocycles. The van der Waals surface area contributed by atoms with Crippen LogP contribution in [0.15, 0.2) is 0 Å². The molecule has 0 atom stereocenters. The van der Waals surface area contributed by atoms with Gasteiger partial charge in [-0.1, -0.05) is 13.8 Å². The predicted molar refractivity (Wildman–Crippen MR) is 68.1 cm³/mol. The van der Waals surface area contributed by atoms with E-state index in [-0.39, 0.29) is 6.03 Å². The predicted octanol–water partition coefficient (Wildman–Crippen LogP) is 0.664. The molecule has 0 aliphatic carbocycles. The van der Waals surface area contributed by atoms with Gasteiger partial charge in [-0.25, -0.2) is 4.79 Å². The zero-order valence-electron chi connectivity index (χ0n) is 11.0. The fourth-order valence-electron chi connectivity index (χ4n) is 1.68. The Morgan fingerprint density at radius 3 is 2.94 bits per heavy atom. The highest BCUT2D eigenvalue weighted by Crippen LogP contribution is 1.95. The second-order valence-electron chi connectivity index (χ2n) is 4.79. The SMILES string of the molecule is CC(C)COCCCNCCN1CCNC1=O. The van der Waals surface area contributed by atoms with Gasteiger partial charge in [-0.2, -0.15) is 0 Å². The van der Waals surface area contributed by atoms with Crippen LogP contribution >= 0.6 is 0 Å². The van der Waals surface area contributed by atoms with Crippen molar-refractivity contribution in [2.24, 2.45) is 5.92 Å². The van der Waals surface area contributed by atoms with Crippen LogP contribution < -0.4 is 10.6 Å². The van der Waals surface area contributed by atoms with Crippen molar-refractivity contribution in [1.29, 1.82) is 0 Å². The second-order valence-corrected chi connectivity index (χ2v) is 4.79. The number of carbonyl (C=O) groups is 1. The van der Waals surface area contributed by atoms with Crippen molar-refractivity contribution in [2.75, 3.05) is 45.9 Å². The molecular formula is C12H25N3O2. The minimum absolute atomic E-state index is 0.0621. The molecule has 5 nitrogen and oxygen atoms in total. The molecule has 0 aromatic heterocycles. The summed E-state index contributed by atoms with van der Waals surface area (Å²) in [4.78, 5) is 13.0. The minimum atomic E-state index is 0.0621. The number of urea groups is 1. The maximum atomic E-state index is 11.2. The Morgan fingerprint density at radius 1 is 1.47 bits per heavy atom. The van der Waals surface area contributed by atoms with Gasteiger partial charge < -0.3 is 20.3 Å². The van der Waals surface area contributed by atoms with Gasteiger partial charge in [-0.3, -0.25) is 0 Å². The van der Waals surface area contributed by atoms with Crippen molar-refractivity contribution in [3.05, 3.63) is 0 Å². The molecule has 1 aliphatic rings. The lowest BCUT2D eigenvalue weighted by Crippen LogP contribution is -2.35. The highest BCUT2D eigenvalue weighted by atomic mass is 16.5. The second kappa shape index (κ2) is 8.31. The summed E-state index contributed by atoms with van der Waals surface area (Å²) in [7, 11) is 0. The summed E-state index contributed by atoms with van der Waals surface area (Å²) >= 11 is 0. The molecule has 1 rings (SSSR count). The number of nitrogens with one attached hydrogen (secondary N) is 2. The van der Waals surface area contributed by atoms with Gasteiger partial charge in [0.2, 0.25) is 0 Å². The third-order valence-electron chi connectivity index (χ3n) is 2.60.